The number of anilines is 1. The topological polar surface area (TPSA) is 58.4 Å². The van der Waals surface area contributed by atoms with Crippen LogP contribution >= 0.6 is 23.2 Å². The molecule has 0 spiro atoms. The van der Waals surface area contributed by atoms with Crippen molar-refractivity contribution in [3.05, 3.63) is 56.4 Å². The molecule has 1 saturated heterocycles. The molecule has 0 radical (unpaired) electrons. The molecular weight excluding hydrogens is 399 g/mol. The van der Waals surface area contributed by atoms with Gasteiger partial charge in [0.05, 0.1) is 21.4 Å². The Hall–Kier alpha value is -2.05. The molecule has 2 heterocycles. The molecule has 8 heteroatoms. The normalized spacial score (nSPS) is 18.2. The second-order valence-electron chi connectivity index (χ2n) is 7.38. The zero-order chi connectivity index (χ0) is 19.8. The first-order valence-corrected chi connectivity index (χ1v) is 10.3. The maximum atomic E-state index is 13.0. The smallest absolute Gasteiger partial charge is 0.267 e. The minimum atomic E-state index is -0.618. The first-order chi connectivity index (χ1) is 13.5. The van der Waals surface area contributed by atoms with Crippen molar-refractivity contribution < 1.29 is 4.79 Å². The van der Waals surface area contributed by atoms with Gasteiger partial charge in [0.25, 0.3) is 5.56 Å². The van der Waals surface area contributed by atoms with Crippen molar-refractivity contribution in [1.29, 1.82) is 0 Å². The number of halogens is 2. The Bertz CT molecular complexity index is 949. The maximum Gasteiger partial charge on any atom is 0.267 e. The van der Waals surface area contributed by atoms with Crippen LogP contribution in [0.4, 0.5) is 5.69 Å². The molecule has 2 aromatic rings. The number of carbonyl (C=O) groups is 1. The Morgan fingerprint density at radius 1 is 1.11 bits per heavy atom. The summed E-state index contributed by atoms with van der Waals surface area (Å²) >= 11 is 12.4. The summed E-state index contributed by atoms with van der Waals surface area (Å²) in [6, 6.07) is 8.24. The first-order valence-electron chi connectivity index (χ1n) is 9.53. The lowest BCUT2D eigenvalue weighted by molar-refractivity contribution is -0.135. The SMILES string of the molecule is C[C@@H](C(=O)N1CCN(c2cccc(Cl)c2Cl)CC1)n1nc(C2CC2)ccc1=O. The molecule has 1 aliphatic carbocycles. The lowest BCUT2D eigenvalue weighted by Gasteiger charge is -2.37. The largest absolute Gasteiger partial charge is 0.367 e. The van der Waals surface area contributed by atoms with Crippen LogP contribution in [0.3, 0.4) is 0 Å². The summed E-state index contributed by atoms with van der Waals surface area (Å²) in [7, 11) is 0. The van der Waals surface area contributed by atoms with Crippen molar-refractivity contribution in [3.8, 4) is 0 Å². The highest BCUT2D eigenvalue weighted by Crippen LogP contribution is 2.38. The van der Waals surface area contributed by atoms with Gasteiger partial charge in [0, 0.05) is 38.2 Å². The zero-order valence-electron chi connectivity index (χ0n) is 15.6. The van der Waals surface area contributed by atoms with E-state index < -0.39 is 6.04 Å². The van der Waals surface area contributed by atoms with Crippen LogP contribution in [0.25, 0.3) is 0 Å². The highest BCUT2D eigenvalue weighted by Gasteiger charge is 2.30. The van der Waals surface area contributed by atoms with Crippen LogP contribution < -0.4 is 10.5 Å². The van der Waals surface area contributed by atoms with Gasteiger partial charge in [-0.2, -0.15) is 5.10 Å². The van der Waals surface area contributed by atoms with E-state index in [1.54, 1.807) is 24.0 Å². The van der Waals surface area contributed by atoms with Gasteiger partial charge in [0.1, 0.15) is 6.04 Å². The molecule has 2 fully saturated rings. The second-order valence-corrected chi connectivity index (χ2v) is 8.16. The first kappa shape index (κ1) is 19.3. The Morgan fingerprint density at radius 2 is 1.82 bits per heavy atom. The van der Waals surface area contributed by atoms with E-state index in [1.165, 1.54) is 10.7 Å². The molecule has 1 aliphatic heterocycles. The summed E-state index contributed by atoms with van der Waals surface area (Å²) in [5, 5.41) is 5.50. The molecule has 148 valence electrons. The van der Waals surface area contributed by atoms with Crippen molar-refractivity contribution in [2.75, 3.05) is 31.1 Å². The molecular formula is C20H22Cl2N4O2. The minimum Gasteiger partial charge on any atom is -0.367 e. The lowest BCUT2D eigenvalue weighted by atomic mass is 10.2. The van der Waals surface area contributed by atoms with Crippen molar-refractivity contribution >= 4 is 34.8 Å². The van der Waals surface area contributed by atoms with E-state index in [2.05, 4.69) is 10.00 Å². The number of carbonyl (C=O) groups excluding carboxylic acids is 1. The molecule has 1 amide bonds. The molecule has 28 heavy (non-hydrogen) atoms. The number of hydrogen-bond acceptors (Lipinski definition) is 4. The number of rotatable bonds is 4. The summed E-state index contributed by atoms with van der Waals surface area (Å²) in [5.41, 5.74) is 1.54. The number of amides is 1. The summed E-state index contributed by atoms with van der Waals surface area (Å²) < 4.78 is 1.33. The monoisotopic (exact) mass is 420 g/mol. The van der Waals surface area contributed by atoms with Crippen LogP contribution in [0.1, 0.15) is 37.4 Å². The van der Waals surface area contributed by atoms with Gasteiger partial charge in [-0.1, -0.05) is 29.3 Å². The average molecular weight is 421 g/mol. The molecule has 0 bridgehead atoms. The summed E-state index contributed by atoms with van der Waals surface area (Å²) in [6.45, 7) is 4.17. The van der Waals surface area contributed by atoms with Crippen LogP contribution in [0.2, 0.25) is 10.0 Å². The van der Waals surface area contributed by atoms with E-state index in [1.807, 2.05) is 12.1 Å². The average Bonchev–Trinajstić information content (AvgIpc) is 3.55. The van der Waals surface area contributed by atoms with Gasteiger partial charge >= 0.3 is 0 Å². The third kappa shape index (κ3) is 3.76. The van der Waals surface area contributed by atoms with Gasteiger partial charge in [0.2, 0.25) is 5.91 Å². The van der Waals surface area contributed by atoms with Gasteiger partial charge in [0.15, 0.2) is 0 Å². The number of piperazine rings is 1. The minimum absolute atomic E-state index is 0.0839. The Morgan fingerprint density at radius 3 is 2.50 bits per heavy atom. The fourth-order valence-electron chi connectivity index (χ4n) is 3.59. The van der Waals surface area contributed by atoms with Gasteiger partial charge in [-0.3, -0.25) is 9.59 Å². The fraction of sp³-hybridized carbons (Fsp3) is 0.450. The second kappa shape index (κ2) is 7.76. The molecule has 1 atom stereocenters. The van der Waals surface area contributed by atoms with Crippen LogP contribution in [0.15, 0.2) is 35.1 Å². The molecule has 4 rings (SSSR count). The standard InChI is InChI=1S/C20H22Cl2N4O2/c1-13(26-18(27)8-7-16(23-26)14-5-6-14)20(28)25-11-9-24(10-12-25)17-4-2-3-15(21)19(17)22/h2-4,7-8,13-14H,5-6,9-12H2,1H3/t13-/m0/s1. The van der Waals surface area contributed by atoms with E-state index >= 15 is 0 Å². The maximum absolute atomic E-state index is 13.0. The van der Waals surface area contributed by atoms with E-state index in [0.29, 0.717) is 42.1 Å². The molecule has 1 saturated carbocycles. The fourth-order valence-corrected chi connectivity index (χ4v) is 4.00. The number of aromatic nitrogens is 2. The van der Waals surface area contributed by atoms with Crippen LogP contribution in [-0.2, 0) is 4.79 Å². The molecule has 2 aliphatic rings. The molecule has 1 aromatic heterocycles. The highest BCUT2D eigenvalue weighted by molar-refractivity contribution is 6.43. The quantitative estimate of drug-likeness (QED) is 0.760. The molecule has 1 aromatic carbocycles. The summed E-state index contributed by atoms with van der Waals surface area (Å²) in [6.07, 6.45) is 2.20. The number of nitrogens with zero attached hydrogens (tertiary/aromatic N) is 4. The summed E-state index contributed by atoms with van der Waals surface area (Å²) in [4.78, 5) is 29.1. The predicted molar refractivity (Wildman–Crippen MR) is 110 cm³/mol. The van der Waals surface area contributed by atoms with Crippen molar-refractivity contribution in [3.63, 3.8) is 0 Å². The Balaban J connectivity index is 1.44. The van der Waals surface area contributed by atoms with Gasteiger partial charge in [-0.05, 0) is 38.0 Å². The van der Waals surface area contributed by atoms with E-state index in [-0.39, 0.29) is 11.5 Å². The van der Waals surface area contributed by atoms with Gasteiger partial charge in [-0.25, -0.2) is 4.68 Å². The number of benzene rings is 1. The van der Waals surface area contributed by atoms with Crippen LogP contribution in [0, 0.1) is 0 Å². The Kier molecular flexibility index (Phi) is 5.34. The molecule has 0 unspecified atom stereocenters. The van der Waals surface area contributed by atoms with Crippen LogP contribution in [0.5, 0.6) is 0 Å². The molecule has 6 nitrogen and oxygen atoms in total. The van der Waals surface area contributed by atoms with Crippen LogP contribution in [-0.4, -0.2) is 46.8 Å². The van der Waals surface area contributed by atoms with E-state index in [4.69, 9.17) is 23.2 Å². The number of hydrogen-bond donors (Lipinski definition) is 0. The van der Waals surface area contributed by atoms with Gasteiger partial charge in [-0.15, -0.1) is 0 Å². The lowest BCUT2D eigenvalue weighted by Crippen LogP contribution is -2.51. The van der Waals surface area contributed by atoms with E-state index in [9.17, 15) is 9.59 Å². The summed E-state index contributed by atoms with van der Waals surface area (Å²) in [5.74, 6) is 0.347. The van der Waals surface area contributed by atoms with Crippen molar-refractivity contribution in [1.82, 2.24) is 14.7 Å². The molecule has 0 N–H and O–H groups in total. The third-order valence-electron chi connectivity index (χ3n) is 5.43. The highest BCUT2D eigenvalue weighted by atomic mass is 35.5. The van der Waals surface area contributed by atoms with Crippen molar-refractivity contribution in [2.24, 2.45) is 0 Å². The zero-order valence-corrected chi connectivity index (χ0v) is 17.2. The van der Waals surface area contributed by atoms with E-state index in [0.717, 1.165) is 24.2 Å². The Labute approximate surface area is 173 Å². The third-order valence-corrected chi connectivity index (χ3v) is 6.24. The van der Waals surface area contributed by atoms with Crippen molar-refractivity contribution in [2.45, 2.75) is 31.7 Å². The van der Waals surface area contributed by atoms with Gasteiger partial charge < -0.3 is 9.80 Å². The predicted octanol–water partition coefficient (Wildman–Crippen LogP) is 3.34.